The van der Waals surface area contributed by atoms with Crippen LogP contribution in [0, 0.1) is 6.92 Å². The highest BCUT2D eigenvalue weighted by molar-refractivity contribution is 5.27. The van der Waals surface area contributed by atoms with Crippen LogP contribution in [0.2, 0.25) is 0 Å². The average molecular weight is 312 g/mol. The van der Waals surface area contributed by atoms with Crippen LogP contribution in [0.1, 0.15) is 5.56 Å². The Hall–Kier alpha value is -2.04. The number of rotatable bonds is 4. The average Bonchev–Trinajstić information content (AvgIpc) is 3.15. The summed E-state index contributed by atoms with van der Waals surface area (Å²) < 4.78 is 23.8. The van der Waals surface area contributed by atoms with Gasteiger partial charge in [0.25, 0.3) is 0 Å². The van der Waals surface area contributed by atoms with Crippen molar-refractivity contribution in [2.45, 2.75) is 31.3 Å². The molecule has 2 fully saturated rings. The summed E-state index contributed by atoms with van der Waals surface area (Å²) >= 11 is 0. The van der Waals surface area contributed by atoms with Crippen molar-refractivity contribution >= 4 is 0 Å². The highest BCUT2D eigenvalue weighted by Gasteiger charge is 2.50. The van der Waals surface area contributed by atoms with Crippen molar-refractivity contribution in [3.05, 3.63) is 60.2 Å². The highest BCUT2D eigenvalue weighted by atomic mass is 16.6. The molecule has 120 valence electrons. The fourth-order valence-electron chi connectivity index (χ4n) is 3.10. The number of aryl methyl sites for hydroxylation is 1. The number of para-hydroxylation sites is 1. The molecule has 0 spiro atoms. The first-order valence-electron chi connectivity index (χ1n) is 7.98. The van der Waals surface area contributed by atoms with Crippen molar-refractivity contribution in [1.82, 2.24) is 0 Å². The standard InChI is InChI=1S/C19H20O4/c1-13-7-9-15(10-8-13)23-17-12-21-18-16(11-20-19(17)18)22-14-5-3-2-4-6-14/h2-10,16-19H,11-12H2,1H3. The third-order valence-corrected chi connectivity index (χ3v) is 4.30. The summed E-state index contributed by atoms with van der Waals surface area (Å²) in [4.78, 5) is 0. The Morgan fingerprint density at radius 3 is 1.83 bits per heavy atom. The van der Waals surface area contributed by atoms with Crippen molar-refractivity contribution in [2.24, 2.45) is 0 Å². The van der Waals surface area contributed by atoms with Gasteiger partial charge in [0.05, 0.1) is 13.2 Å². The van der Waals surface area contributed by atoms with Crippen LogP contribution in [0.25, 0.3) is 0 Å². The van der Waals surface area contributed by atoms with Crippen LogP contribution in [-0.4, -0.2) is 37.6 Å². The quantitative estimate of drug-likeness (QED) is 0.870. The zero-order chi connectivity index (χ0) is 15.6. The van der Waals surface area contributed by atoms with Gasteiger partial charge < -0.3 is 18.9 Å². The lowest BCUT2D eigenvalue weighted by Crippen LogP contribution is -2.36. The second kappa shape index (κ2) is 6.22. The van der Waals surface area contributed by atoms with Crippen LogP contribution in [0.3, 0.4) is 0 Å². The van der Waals surface area contributed by atoms with E-state index in [-0.39, 0.29) is 24.4 Å². The van der Waals surface area contributed by atoms with E-state index in [4.69, 9.17) is 18.9 Å². The molecule has 0 amide bonds. The molecule has 0 aliphatic carbocycles. The highest BCUT2D eigenvalue weighted by Crippen LogP contribution is 2.32. The molecule has 2 aliphatic heterocycles. The summed E-state index contributed by atoms with van der Waals surface area (Å²) in [7, 11) is 0. The summed E-state index contributed by atoms with van der Waals surface area (Å²) in [6.45, 7) is 3.11. The molecule has 4 atom stereocenters. The molecular formula is C19H20O4. The van der Waals surface area contributed by atoms with Crippen molar-refractivity contribution in [3.63, 3.8) is 0 Å². The molecule has 4 rings (SSSR count). The lowest BCUT2D eigenvalue weighted by atomic mass is 10.1. The predicted octanol–water partition coefficient (Wildman–Crippen LogP) is 2.99. The van der Waals surface area contributed by atoms with E-state index < -0.39 is 0 Å². The van der Waals surface area contributed by atoms with Gasteiger partial charge in [0.15, 0.2) is 12.2 Å². The third kappa shape index (κ3) is 3.05. The van der Waals surface area contributed by atoms with Crippen molar-refractivity contribution in [2.75, 3.05) is 13.2 Å². The van der Waals surface area contributed by atoms with E-state index in [2.05, 4.69) is 6.92 Å². The number of benzene rings is 2. The summed E-state index contributed by atoms with van der Waals surface area (Å²) in [5.74, 6) is 1.69. The van der Waals surface area contributed by atoms with Gasteiger partial charge in [0.1, 0.15) is 23.7 Å². The van der Waals surface area contributed by atoms with E-state index in [1.807, 2.05) is 54.6 Å². The Labute approximate surface area is 135 Å². The zero-order valence-electron chi connectivity index (χ0n) is 13.1. The number of hydrogen-bond donors (Lipinski definition) is 0. The van der Waals surface area contributed by atoms with Crippen LogP contribution in [-0.2, 0) is 9.47 Å². The summed E-state index contributed by atoms with van der Waals surface area (Å²) in [5.41, 5.74) is 1.21. The van der Waals surface area contributed by atoms with Crippen LogP contribution < -0.4 is 9.47 Å². The second-order valence-electron chi connectivity index (χ2n) is 6.03. The Morgan fingerprint density at radius 1 is 0.739 bits per heavy atom. The summed E-state index contributed by atoms with van der Waals surface area (Å²) in [6.07, 6.45) is -0.336. The smallest absolute Gasteiger partial charge is 0.151 e. The van der Waals surface area contributed by atoms with Crippen LogP contribution >= 0.6 is 0 Å². The van der Waals surface area contributed by atoms with Gasteiger partial charge in [-0.3, -0.25) is 0 Å². The molecule has 0 aromatic heterocycles. The maximum absolute atomic E-state index is 6.04. The molecule has 2 heterocycles. The van der Waals surface area contributed by atoms with Crippen LogP contribution in [0.15, 0.2) is 54.6 Å². The zero-order valence-corrected chi connectivity index (χ0v) is 13.1. The minimum absolute atomic E-state index is 0.0781. The van der Waals surface area contributed by atoms with Crippen molar-refractivity contribution < 1.29 is 18.9 Å². The predicted molar refractivity (Wildman–Crippen MR) is 85.9 cm³/mol. The van der Waals surface area contributed by atoms with Crippen LogP contribution in [0.4, 0.5) is 0 Å². The molecule has 23 heavy (non-hydrogen) atoms. The van der Waals surface area contributed by atoms with Gasteiger partial charge in [-0.1, -0.05) is 35.9 Å². The summed E-state index contributed by atoms with van der Waals surface area (Å²) in [6, 6.07) is 17.8. The molecule has 4 nitrogen and oxygen atoms in total. The third-order valence-electron chi connectivity index (χ3n) is 4.30. The Morgan fingerprint density at radius 2 is 1.26 bits per heavy atom. The molecule has 2 aliphatic rings. The molecule has 2 saturated heterocycles. The molecule has 4 heteroatoms. The lowest BCUT2D eigenvalue weighted by molar-refractivity contribution is 0.0181. The van der Waals surface area contributed by atoms with Gasteiger partial charge in [0, 0.05) is 0 Å². The maximum atomic E-state index is 6.04. The van der Waals surface area contributed by atoms with E-state index in [1.165, 1.54) is 5.56 Å². The molecule has 0 bridgehead atoms. The SMILES string of the molecule is Cc1ccc(OC2COC3C(Oc4ccccc4)COC23)cc1. The first kappa shape index (κ1) is 14.5. The van der Waals surface area contributed by atoms with E-state index in [0.717, 1.165) is 11.5 Å². The van der Waals surface area contributed by atoms with E-state index in [0.29, 0.717) is 13.2 Å². The molecule has 0 radical (unpaired) electrons. The normalized spacial score (nSPS) is 29.3. The summed E-state index contributed by atoms with van der Waals surface area (Å²) in [5, 5.41) is 0. The maximum Gasteiger partial charge on any atom is 0.151 e. The van der Waals surface area contributed by atoms with E-state index >= 15 is 0 Å². The molecular weight excluding hydrogens is 292 g/mol. The Balaban J connectivity index is 1.40. The van der Waals surface area contributed by atoms with Crippen molar-refractivity contribution in [1.29, 1.82) is 0 Å². The van der Waals surface area contributed by atoms with E-state index in [1.54, 1.807) is 0 Å². The van der Waals surface area contributed by atoms with Crippen LogP contribution in [0.5, 0.6) is 11.5 Å². The molecule has 2 aromatic rings. The van der Waals surface area contributed by atoms with Gasteiger partial charge in [-0.2, -0.15) is 0 Å². The van der Waals surface area contributed by atoms with Gasteiger partial charge in [-0.05, 0) is 31.2 Å². The lowest BCUT2D eigenvalue weighted by Gasteiger charge is -2.18. The Kier molecular flexibility index (Phi) is 3.93. The molecule has 2 aromatic carbocycles. The minimum atomic E-state index is -0.0907. The van der Waals surface area contributed by atoms with Gasteiger partial charge in [-0.25, -0.2) is 0 Å². The van der Waals surface area contributed by atoms with Crippen molar-refractivity contribution in [3.8, 4) is 11.5 Å². The molecule has 0 N–H and O–H groups in total. The Bertz CT molecular complexity index is 640. The van der Waals surface area contributed by atoms with Gasteiger partial charge in [-0.15, -0.1) is 0 Å². The monoisotopic (exact) mass is 312 g/mol. The first-order valence-corrected chi connectivity index (χ1v) is 7.98. The van der Waals surface area contributed by atoms with Gasteiger partial charge in [0.2, 0.25) is 0 Å². The van der Waals surface area contributed by atoms with E-state index in [9.17, 15) is 0 Å². The largest absolute Gasteiger partial charge is 0.485 e. The van der Waals surface area contributed by atoms with Gasteiger partial charge >= 0.3 is 0 Å². The number of ether oxygens (including phenoxy) is 4. The fourth-order valence-corrected chi connectivity index (χ4v) is 3.10. The second-order valence-corrected chi connectivity index (χ2v) is 6.03. The topological polar surface area (TPSA) is 36.9 Å². The molecule has 4 unspecified atom stereocenters. The first-order chi connectivity index (χ1) is 11.3. The number of fused-ring (bicyclic) bond motifs is 1. The minimum Gasteiger partial charge on any atom is -0.485 e. The number of hydrogen-bond acceptors (Lipinski definition) is 4. The molecule has 0 saturated carbocycles. The fraction of sp³-hybridized carbons (Fsp3) is 0.368.